The fraction of sp³-hybridized carbons (Fsp3) is 0.278. The Morgan fingerprint density at radius 1 is 1.17 bits per heavy atom. The first-order valence-electron chi connectivity index (χ1n) is 7.36. The van der Waals surface area contributed by atoms with Crippen LogP contribution in [0.4, 0.5) is 4.39 Å². The second-order valence-electron chi connectivity index (χ2n) is 5.83. The molecule has 1 amide bonds. The van der Waals surface area contributed by atoms with Gasteiger partial charge in [0.15, 0.2) is 11.5 Å². The first kappa shape index (κ1) is 16.8. The van der Waals surface area contributed by atoms with Crippen LogP contribution in [0.25, 0.3) is 0 Å². The minimum absolute atomic E-state index is 0.151. The van der Waals surface area contributed by atoms with Gasteiger partial charge in [0.2, 0.25) is 5.82 Å². The average molecular weight is 317 g/mol. The number of carbonyl (C=O) groups excluding carboxylic acids is 1. The number of amides is 1. The number of hydrogen-bond donors (Lipinski definition) is 2. The van der Waals surface area contributed by atoms with E-state index in [4.69, 9.17) is 0 Å². The van der Waals surface area contributed by atoms with Crippen molar-refractivity contribution >= 4 is 5.91 Å². The van der Waals surface area contributed by atoms with Crippen molar-refractivity contribution in [1.82, 2.24) is 4.90 Å². The van der Waals surface area contributed by atoms with Crippen molar-refractivity contribution in [1.29, 1.82) is 0 Å². The molecule has 2 rings (SSSR count). The summed E-state index contributed by atoms with van der Waals surface area (Å²) >= 11 is 0. The Balaban J connectivity index is 2.35. The summed E-state index contributed by atoms with van der Waals surface area (Å²) in [4.78, 5) is 13.9. The Labute approximate surface area is 134 Å². The van der Waals surface area contributed by atoms with Crippen LogP contribution in [0.3, 0.4) is 0 Å². The maximum Gasteiger partial charge on any atom is 0.257 e. The van der Waals surface area contributed by atoms with E-state index in [9.17, 15) is 19.4 Å². The van der Waals surface area contributed by atoms with Gasteiger partial charge < -0.3 is 15.1 Å². The molecule has 0 bridgehead atoms. The molecule has 0 aliphatic heterocycles. The summed E-state index contributed by atoms with van der Waals surface area (Å²) < 4.78 is 14.0. The molecule has 0 saturated carbocycles. The Hall–Kier alpha value is -2.56. The molecule has 0 spiro atoms. The smallest absolute Gasteiger partial charge is 0.257 e. The summed E-state index contributed by atoms with van der Waals surface area (Å²) in [5.74, 6) is -3.28. The van der Waals surface area contributed by atoms with Crippen molar-refractivity contribution in [3.8, 4) is 11.5 Å². The van der Waals surface area contributed by atoms with Crippen molar-refractivity contribution < 1.29 is 19.4 Å². The highest BCUT2D eigenvalue weighted by atomic mass is 19.1. The second-order valence-corrected chi connectivity index (χ2v) is 5.83. The molecule has 4 nitrogen and oxygen atoms in total. The molecule has 0 aliphatic rings. The number of phenols is 2. The van der Waals surface area contributed by atoms with E-state index in [0.29, 0.717) is 6.54 Å². The molecule has 122 valence electrons. The molecule has 5 heteroatoms. The summed E-state index contributed by atoms with van der Waals surface area (Å²) in [6.45, 7) is 3.87. The number of halogens is 1. The van der Waals surface area contributed by atoms with E-state index in [0.717, 1.165) is 5.56 Å². The predicted octanol–water partition coefficient (Wildman–Crippen LogP) is 3.63. The number of benzene rings is 2. The molecule has 0 unspecified atom stereocenters. The summed E-state index contributed by atoms with van der Waals surface area (Å²) in [5.41, 5.74) is 1.06. The van der Waals surface area contributed by atoms with E-state index in [1.165, 1.54) is 11.0 Å². The lowest BCUT2D eigenvalue weighted by Gasteiger charge is -2.20. The first-order chi connectivity index (χ1) is 10.8. The normalized spacial score (nSPS) is 10.8. The number of nitrogens with zero attached hydrogens (tertiary/aromatic N) is 1. The van der Waals surface area contributed by atoms with Crippen molar-refractivity contribution in [2.24, 2.45) is 0 Å². The van der Waals surface area contributed by atoms with Gasteiger partial charge >= 0.3 is 0 Å². The molecular weight excluding hydrogens is 297 g/mol. The van der Waals surface area contributed by atoms with Gasteiger partial charge in [-0.25, -0.2) is 0 Å². The Kier molecular flexibility index (Phi) is 4.89. The minimum atomic E-state index is -1.16. The van der Waals surface area contributed by atoms with Gasteiger partial charge in [-0.1, -0.05) is 44.2 Å². The van der Waals surface area contributed by atoms with Gasteiger partial charge in [-0.15, -0.1) is 0 Å². The Morgan fingerprint density at radius 2 is 1.78 bits per heavy atom. The standard InChI is InChI=1S/C18H20FNO3/c1-11(2)13-9-14(17(22)15(19)16(13)21)18(23)20(3)10-12-7-5-4-6-8-12/h4-9,11,21-22H,10H2,1-3H3. The van der Waals surface area contributed by atoms with E-state index in [1.807, 2.05) is 30.3 Å². The summed E-state index contributed by atoms with van der Waals surface area (Å²) in [7, 11) is 1.58. The van der Waals surface area contributed by atoms with Crippen molar-refractivity contribution in [2.75, 3.05) is 7.05 Å². The molecule has 23 heavy (non-hydrogen) atoms. The zero-order valence-corrected chi connectivity index (χ0v) is 13.4. The van der Waals surface area contributed by atoms with Crippen LogP contribution in [-0.2, 0) is 6.54 Å². The number of aromatic hydroxyl groups is 2. The topological polar surface area (TPSA) is 60.8 Å². The van der Waals surface area contributed by atoms with Crippen LogP contribution in [0, 0.1) is 5.82 Å². The van der Waals surface area contributed by atoms with Gasteiger partial charge in [0.1, 0.15) is 0 Å². The molecule has 0 saturated heterocycles. The van der Waals surface area contributed by atoms with Crippen LogP contribution in [0.5, 0.6) is 11.5 Å². The van der Waals surface area contributed by atoms with E-state index >= 15 is 0 Å². The van der Waals surface area contributed by atoms with Crippen LogP contribution >= 0.6 is 0 Å². The lowest BCUT2D eigenvalue weighted by molar-refractivity contribution is 0.0781. The predicted molar refractivity (Wildman–Crippen MR) is 86.1 cm³/mol. The zero-order valence-electron chi connectivity index (χ0n) is 13.4. The van der Waals surface area contributed by atoms with Gasteiger partial charge in [0.25, 0.3) is 5.91 Å². The summed E-state index contributed by atoms with van der Waals surface area (Å²) in [6.07, 6.45) is 0. The lowest BCUT2D eigenvalue weighted by Crippen LogP contribution is -2.26. The van der Waals surface area contributed by atoms with Crippen molar-refractivity contribution in [2.45, 2.75) is 26.3 Å². The zero-order chi connectivity index (χ0) is 17.1. The van der Waals surface area contributed by atoms with Crippen LogP contribution in [0.15, 0.2) is 36.4 Å². The molecule has 0 heterocycles. The number of rotatable bonds is 4. The number of hydrogen-bond acceptors (Lipinski definition) is 3. The van der Waals surface area contributed by atoms with Crippen LogP contribution in [-0.4, -0.2) is 28.1 Å². The summed E-state index contributed by atoms with van der Waals surface area (Å²) in [5, 5.41) is 19.7. The molecular formula is C18H20FNO3. The SMILES string of the molecule is CC(C)c1cc(C(=O)N(C)Cc2ccccc2)c(O)c(F)c1O. The van der Waals surface area contributed by atoms with Gasteiger partial charge in [-0.05, 0) is 17.5 Å². The number of carbonyl (C=O) groups is 1. The maximum atomic E-state index is 14.0. The van der Waals surface area contributed by atoms with Gasteiger partial charge in [-0.2, -0.15) is 4.39 Å². The highest BCUT2D eigenvalue weighted by molar-refractivity contribution is 5.97. The van der Waals surface area contributed by atoms with Crippen LogP contribution in [0.2, 0.25) is 0 Å². The first-order valence-corrected chi connectivity index (χ1v) is 7.36. The molecule has 0 aromatic heterocycles. The van der Waals surface area contributed by atoms with Crippen LogP contribution < -0.4 is 0 Å². The minimum Gasteiger partial charge on any atom is -0.505 e. The maximum absolute atomic E-state index is 14.0. The van der Waals surface area contributed by atoms with Crippen LogP contribution in [0.1, 0.15) is 41.3 Å². The van der Waals surface area contributed by atoms with E-state index in [-0.39, 0.29) is 17.0 Å². The number of phenolic OH excluding ortho intramolecular Hbond substituents is 2. The quantitative estimate of drug-likeness (QED) is 0.905. The third-order valence-corrected chi connectivity index (χ3v) is 3.71. The fourth-order valence-corrected chi connectivity index (χ4v) is 2.39. The average Bonchev–Trinajstić information content (AvgIpc) is 2.53. The monoisotopic (exact) mass is 317 g/mol. The fourth-order valence-electron chi connectivity index (χ4n) is 2.39. The molecule has 0 radical (unpaired) electrons. The van der Waals surface area contributed by atoms with Gasteiger partial charge in [-0.3, -0.25) is 4.79 Å². The van der Waals surface area contributed by atoms with Gasteiger partial charge in [0.05, 0.1) is 5.56 Å². The third kappa shape index (κ3) is 3.44. The molecule has 2 aromatic rings. The molecule has 2 N–H and O–H groups in total. The van der Waals surface area contributed by atoms with Gasteiger partial charge in [0, 0.05) is 19.2 Å². The molecule has 2 aromatic carbocycles. The molecule has 0 atom stereocenters. The third-order valence-electron chi connectivity index (χ3n) is 3.71. The van der Waals surface area contributed by atoms with Crippen molar-refractivity contribution in [3.05, 3.63) is 58.9 Å². The molecule has 0 aliphatic carbocycles. The Bertz CT molecular complexity index is 714. The lowest BCUT2D eigenvalue weighted by atomic mass is 9.98. The van der Waals surface area contributed by atoms with E-state index < -0.39 is 23.2 Å². The highest BCUT2D eigenvalue weighted by Gasteiger charge is 2.24. The largest absolute Gasteiger partial charge is 0.505 e. The Morgan fingerprint density at radius 3 is 2.35 bits per heavy atom. The van der Waals surface area contributed by atoms with E-state index in [1.54, 1.807) is 20.9 Å². The van der Waals surface area contributed by atoms with Crippen molar-refractivity contribution in [3.63, 3.8) is 0 Å². The highest BCUT2D eigenvalue weighted by Crippen LogP contribution is 2.36. The summed E-state index contributed by atoms with van der Waals surface area (Å²) in [6, 6.07) is 10.7. The van der Waals surface area contributed by atoms with E-state index in [2.05, 4.69) is 0 Å². The molecule has 0 fully saturated rings. The second kappa shape index (κ2) is 6.69.